The lowest BCUT2D eigenvalue weighted by Crippen LogP contribution is -2.32. The first-order chi connectivity index (χ1) is 12.0. The Morgan fingerprint density at radius 1 is 1.12 bits per heavy atom. The van der Waals surface area contributed by atoms with E-state index in [1.807, 2.05) is 54.6 Å². The molecule has 4 nitrogen and oxygen atoms in total. The van der Waals surface area contributed by atoms with E-state index in [9.17, 15) is 9.59 Å². The van der Waals surface area contributed by atoms with Crippen LogP contribution in [0.25, 0.3) is 6.08 Å². The molecule has 1 heterocycles. The van der Waals surface area contributed by atoms with E-state index in [0.29, 0.717) is 0 Å². The Balaban J connectivity index is 1.70. The highest BCUT2D eigenvalue weighted by Crippen LogP contribution is 2.33. The zero-order valence-corrected chi connectivity index (χ0v) is 15.4. The fourth-order valence-electron chi connectivity index (χ4n) is 2.87. The number of rotatable bonds is 4. The van der Waals surface area contributed by atoms with Crippen molar-refractivity contribution in [1.29, 1.82) is 0 Å². The molecule has 0 saturated heterocycles. The van der Waals surface area contributed by atoms with E-state index in [1.54, 1.807) is 11.1 Å². The number of hydrogen-bond acceptors (Lipinski definition) is 3. The van der Waals surface area contributed by atoms with E-state index in [2.05, 4.69) is 15.9 Å². The summed E-state index contributed by atoms with van der Waals surface area (Å²) in [5, 5.41) is 0. The molecule has 128 valence electrons. The lowest BCUT2D eigenvalue weighted by molar-refractivity contribution is -0.146. The summed E-state index contributed by atoms with van der Waals surface area (Å²) in [6, 6.07) is 15.1. The monoisotopic (exact) mass is 399 g/mol. The highest BCUT2D eigenvalue weighted by molar-refractivity contribution is 9.10. The van der Waals surface area contributed by atoms with Crippen LogP contribution in [0.4, 0.5) is 0 Å². The molecule has 0 aliphatic carbocycles. The number of nitrogens with zero attached hydrogens (tertiary/aromatic N) is 1. The zero-order chi connectivity index (χ0) is 17.8. The average Bonchev–Trinajstić information content (AvgIpc) is 2.61. The predicted molar refractivity (Wildman–Crippen MR) is 99.3 cm³/mol. The normalized spacial score (nSPS) is 15.6. The molecule has 0 radical (unpaired) electrons. The van der Waals surface area contributed by atoms with Crippen molar-refractivity contribution in [3.05, 3.63) is 75.9 Å². The lowest BCUT2D eigenvalue weighted by Gasteiger charge is -2.32. The van der Waals surface area contributed by atoms with Gasteiger partial charge in [-0.05, 0) is 34.9 Å². The first-order valence-electron chi connectivity index (χ1n) is 8.00. The maximum Gasteiger partial charge on any atom is 0.308 e. The molecule has 1 amide bonds. The van der Waals surface area contributed by atoms with Crippen molar-refractivity contribution in [2.45, 2.75) is 26.0 Å². The fourth-order valence-corrected chi connectivity index (χ4v) is 3.14. The molecule has 3 rings (SSSR count). The van der Waals surface area contributed by atoms with Gasteiger partial charge in [0.2, 0.25) is 5.91 Å². The number of esters is 1. The molecule has 2 aromatic carbocycles. The van der Waals surface area contributed by atoms with Crippen LogP contribution < -0.4 is 0 Å². The van der Waals surface area contributed by atoms with Gasteiger partial charge in [-0.15, -0.1) is 0 Å². The number of halogens is 1. The van der Waals surface area contributed by atoms with Crippen LogP contribution >= 0.6 is 15.9 Å². The fraction of sp³-hybridized carbons (Fsp3) is 0.200. The molecule has 0 fully saturated rings. The molecule has 25 heavy (non-hydrogen) atoms. The number of fused-ring (bicyclic) bond motifs is 1. The van der Waals surface area contributed by atoms with E-state index in [4.69, 9.17) is 4.74 Å². The minimum Gasteiger partial charge on any atom is -0.461 e. The Morgan fingerprint density at radius 2 is 1.84 bits per heavy atom. The Bertz CT molecular complexity index is 814. The van der Waals surface area contributed by atoms with Gasteiger partial charge < -0.3 is 9.64 Å². The second kappa shape index (κ2) is 7.66. The highest BCUT2D eigenvalue weighted by Gasteiger charge is 2.28. The van der Waals surface area contributed by atoms with Gasteiger partial charge in [0, 0.05) is 17.6 Å². The van der Waals surface area contributed by atoms with Gasteiger partial charge in [-0.25, -0.2) is 0 Å². The Morgan fingerprint density at radius 3 is 2.56 bits per heavy atom. The molecular weight excluding hydrogens is 382 g/mol. The summed E-state index contributed by atoms with van der Waals surface area (Å²) in [5.41, 5.74) is 2.90. The molecule has 5 heteroatoms. The van der Waals surface area contributed by atoms with Crippen molar-refractivity contribution in [1.82, 2.24) is 4.90 Å². The van der Waals surface area contributed by atoms with E-state index >= 15 is 0 Å². The molecule has 0 N–H and O–H groups in total. The van der Waals surface area contributed by atoms with E-state index in [0.717, 1.165) is 21.2 Å². The van der Waals surface area contributed by atoms with E-state index in [-0.39, 0.29) is 30.9 Å². The van der Waals surface area contributed by atoms with E-state index < -0.39 is 0 Å². The molecule has 0 bridgehead atoms. The van der Waals surface area contributed by atoms with Crippen molar-refractivity contribution < 1.29 is 14.3 Å². The topological polar surface area (TPSA) is 46.6 Å². The smallest absolute Gasteiger partial charge is 0.308 e. The van der Waals surface area contributed by atoms with Gasteiger partial charge in [0.1, 0.15) is 6.61 Å². The molecule has 1 aliphatic heterocycles. The summed E-state index contributed by atoms with van der Waals surface area (Å²) in [6.07, 6.45) is 3.75. The first kappa shape index (κ1) is 17.4. The largest absolute Gasteiger partial charge is 0.461 e. The average molecular weight is 400 g/mol. The number of benzene rings is 2. The van der Waals surface area contributed by atoms with Gasteiger partial charge >= 0.3 is 5.97 Å². The summed E-state index contributed by atoms with van der Waals surface area (Å²) in [6.45, 7) is 1.72. The minimum absolute atomic E-state index is 0.100. The van der Waals surface area contributed by atoms with Crippen LogP contribution in [-0.4, -0.2) is 16.8 Å². The Kier molecular flexibility index (Phi) is 5.34. The summed E-state index contributed by atoms with van der Waals surface area (Å²) >= 11 is 3.38. The summed E-state index contributed by atoms with van der Waals surface area (Å²) < 4.78 is 6.37. The zero-order valence-electron chi connectivity index (χ0n) is 13.8. The van der Waals surface area contributed by atoms with Gasteiger partial charge in [-0.3, -0.25) is 9.59 Å². The second-order valence-corrected chi connectivity index (χ2v) is 6.79. The Hall–Kier alpha value is -2.40. The van der Waals surface area contributed by atoms with Crippen LogP contribution in [-0.2, 0) is 20.9 Å². The molecular formula is C20H18BrNO3. The molecule has 0 spiro atoms. The van der Waals surface area contributed by atoms with Crippen molar-refractivity contribution in [3.8, 4) is 0 Å². The molecule has 0 saturated carbocycles. The standard InChI is InChI=1S/C20H18BrNO3/c1-14(23)22-11-10-16-4-2-3-5-18(16)19(22)12-20(24)25-13-15-6-8-17(21)9-7-15/h2-11,19H,12-13H2,1H3/t19-/m1/s1. The van der Waals surface area contributed by atoms with Crippen LogP contribution in [0.15, 0.2) is 59.2 Å². The third-order valence-electron chi connectivity index (χ3n) is 4.14. The van der Waals surface area contributed by atoms with Crippen LogP contribution in [0.2, 0.25) is 0 Å². The summed E-state index contributed by atoms with van der Waals surface area (Å²) in [4.78, 5) is 25.9. The van der Waals surface area contributed by atoms with Gasteiger partial charge in [-0.1, -0.05) is 52.3 Å². The highest BCUT2D eigenvalue weighted by atomic mass is 79.9. The minimum atomic E-state index is -0.337. The van der Waals surface area contributed by atoms with Gasteiger partial charge in [0.15, 0.2) is 0 Å². The van der Waals surface area contributed by atoms with Gasteiger partial charge in [0.05, 0.1) is 12.5 Å². The van der Waals surface area contributed by atoms with Crippen LogP contribution in [0, 0.1) is 0 Å². The quantitative estimate of drug-likeness (QED) is 0.713. The molecule has 1 atom stereocenters. The van der Waals surface area contributed by atoms with Crippen LogP contribution in [0.3, 0.4) is 0 Å². The number of amides is 1. The number of carbonyl (C=O) groups excluding carboxylic acids is 2. The molecule has 1 aliphatic rings. The van der Waals surface area contributed by atoms with Gasteiger partial charge in [-0.2, -0.15) is 0 Å². The number of carbonyl (C=O) groups is 2. The third-order valence-corrected chi connectivity index (χ3v) is 4.67. The maximum atomic E-state index is 12.3. The van der Waals surface area contributed by atoms with Crippen LogP contribution in [0.1, 0.15) is 36.1 Å². The van der Waals surface area contributed by atoms with Crippen molar-refractivity contribution in [2.75, 3.05) is 0 Å². The molecule has 0 unspecified atom stereocenters. The third kappa shape index (κ3) is 4.17. The Labute approximate surface area is 155 Å². The predicted octanol–water partition coefficient (Wildman–Crippen LogP) is 4.46. The van der Waals surface area contributed by atoms with Crippen LogP contribution in [0.5, 0.6) is 0 Å². The number of hydrogen-bond donors (Lipinski definition) is 0. The van der Waals surface area contributed by atoms with Crippen molar-refractivity contribution >= 4 is 33.9 Å². The molecule has 0 aromatic heterocycles. The van der Waals surface area contributed by atoms with Crippen molar-refractivity contribution in [3.63, 3.8) is 0 Å². The summed E-state index contributed by atoms with van der Waals surface area (Å²) in [5.74, 6) is -0.430. The van der Waals surface area contributed by atoms with Gasteiger partial charge in [0.25, 0.3) is 0 Å². The maximum absolute atomic E-state index is 12.3. The summed E-state index contributed by atoms with van der Waals surface area (Å²) in [7, 11) is 0. The second-order valence-electron chi connectivity index (χ2n) is 5.88. The first-order valence-corrected chi connectivity index (χ1v) is 8.80. The molecule has 2 aromatic rings. The lowest BCUT2D eigenvalue weighted by atomic mass is 9.94. The van der Waals surface area contributed by atoms with Crippen molar-refractivity contribution in [2.24, 2.45) is 0 Å². The SMILES string of the molecule is CC(=O)N1C=Cc2ccccc2[C@H]1CC(=O)OCc1ccc(Br)cc1. The number of ether oxygens (including phenoxy) is 1. The van der Waals surface area contributed by atoms with E-state index in [1.165, 1.54) is 6.92 Å².